The third-order valence-corrected chi connectivity index (χ3v) is 6.23. The van der Waals surface area contributed by atoms with Crippen molar-refractivity contribution in [3.8, 4) is 0 Å². The van der Waals surface area contributed by atoms with Crippen LogP contribution >= 0.6 is 0 Å². The molecule has 6 rings (SSSR count). The molecule has 32 heavy (non-hydrogen) atoms. The third-order valence-electron chi connectivity index (χ3n) is 6.23. The number of imidazole rings is 1. The first-order valence-corrected chi connectivity index (χ1v) is 10.9. The number of hydrogen-bond acceptors (Lipinski definition) is 1. The van der Waals surface area contributed by atoms with E-state index < -0.39 is 0 Å². The van der Waals surface area contributed by atoms with Crippen LogP contribution in [-0.4, -0.2) is 9.13 Å². The highest BCUT2D eigenvalue weighted by Crippen LogP contribution is 2.21. The monoisotopic (exact) mass is 414 g/mol. The van der Waals surface area contributed by atoms with Gasteiger partial charge < -0.3 is 0 Å². The number of fused-ring (bicyclic) bond motifs is 3. The predicted octanol–water partition coefficient (Wildman–Crippen LogP) is 6.21. The highest BCUT2D eigenvalue weighted by Gasteiger charge is 2.14. The second kappa shape index (κ2) is 7.54. The zero-order chi connectivity index (χ0) is 21.5. The fraction of sp³-hybridized carbons (Fsp3) is 0.0690. The lowest BCUT2D eigenvalue weighted by atomic mass is 10.1. The lowest BCUT2D eigenvalue weighted by Crippen LogP contribution is -2.25. The molecule has 0 saturated heterocycles. The van der Waals surface area contributed by atoms with E-state index in [0.717, 1.165) is 22.2 Å². The molecule has 0 fully saturated rings. The molecule has 1 aromatic heterocycles. The van der Waals surface area contributed by atoms with Crippen molar-refractivity contribution in [1.82, 2.24) is 9.13 Å². The van der Waals surface area contributed by atoms with Gasteiger partial charge in [-0.15, -0.1) is 0 Å². The van der Waals surface area contributed by atoms with Gasteiger partial charge in [0, 0.05) is 0 Å². The van der Waals surface area contributed by atoms with Gasteiger partial charge in [0.05, 0.1) is 24.1 Å². The minimum Gasteiger partial charge on any atom is -0.287 e. The average molecular weight is 415 g/mol. The molecular formula is C29H22N2O. The van der Waals surface area contributed by atoms with E-state index in [9.17, 15) is 4.79 Å². The average Bonchev–Trinajstić information content (AvgIpc) is 3.10. The molecule has 0 N–H and O–H groups in total. The molecule has 0 spiro atoms. The van der Waals surface area contributed by atoms with Crippen LogP contribution in [0.2, 0.25) is 0 Å². The fourth-order valence-corrected chi connectivity index (χ4v) is 4.62. The Balaban J connectivity index is 1.43. The summed E-state index contributed by atoms with van der Waals surface area (Å²) in [5.41, 5.74) is 4.20. The maximum Gasteiger partial charge on any atom is 0.329 e. The minimum atomic E-state index is 0.0208. The molecule has 6 aromatic rings. The van der Waals surface area contributed by atoms with Gasteiger partial charge in [0.25, 0.3) is 0 Å². The van der Waals surface area contributed by atoms with Gasteiger partial charge in [0.2, 0.25) is 0 Å². The molecule has 0 saturated carbocycles. The number of hydrogen-bond donors (Lipinski definition) is 0. The lowest BCUT2D eigenvalue weighted by Gasteiger charge is -2.06. The van der Waals surface area contributed by atoms with Crippen molar-refractivity contribution < 1.29 is 0 Å². The summed E-state index contributed by atoms with van der Waals surface area (Å²) >= 11 is 0. The molecule has 3 heteroatoms. The van der Waals surface area contributed by atoms with Crippen LogP contribution in [0.25, 0.3) is 32.6 Å². The first-order valence-electron chi connectivity index (χ1n) is 10.9. The van der Waals surface area contributed by atoms with Crippen molar-refractivity contribution >= 4 is 32.6 Å². The first-order chi connectivity index (χ1) is 15.8. The molecule has 3 nitrogen and oxygen atoms in total. The summed E-state index contributed by atoms with van der Waals surface area (Å²) in [5, 5.41) is 4.81. The highest BCUT2D eigenvalue weighted by atomic mass is 16.1. The zero-order valence-electron chi connectivity index (χ0n) is 17.6. The Morgan fingerprint density at radius 2 is 0.875 bits per heavy atom. The predicted molar refractivity (Wildman–Crippen MR) is 132 cm³/mol. The van der Waals surface area contributed by atoms with Gasteiger partial charge in [-0.2, -0.15) is 0 Å². The van der Waals surface area contributed by atoms with Gasteiger partial charge in [0.15, 0.2) is 0 Å². The molecule has 1 heterocycles. The fourth-order valence-electron chi connectivity index (χ4n) is 4.62. The van der Waals surface area contributed by atoms with Crippen molar-refractivity contribution in [1.29, 1.82) is 0 Å². The summed E-state index contributed by atoms with van der Waals surface area (Å²) in [6.07, 6.45) is 0. The Kier molecular flexibility index (Phi) is 4.39. The Bertz CT molecular complexity index is 1530. The molecule has 0 bridgehead atoms. The zero-order valence-corrected chi connectivity index (χ0v) is 17.6. The Hall–Kier alpha value is -4.11. The van der Waals surface area contributed by atoms with E-state index in [-0.39, 0.29) is 5.69 Å². The normalized spacial score (nSPS) is 11.5. The second-order valence-corrected chi connectivity index (χ2v) is 8.31. The van der Waals surface area contributed by atoms with Crippen LogP contribution in [0.1, 0.15) is 11.1 Å². The molecule has 0 radical (unpaired) electrons. The number of nitrogens with zero attached hydrogens (tertiary/aromatic N) is 2. The molecule has 0 aliphatic heterocycles. The Morgan fingerprint density at radius 1 is 0.469 bits per heavy atom. The molecule has 154 valence electrons. The van der Waals surface area contributed by atoms with E-state index >= 15 is 0 Å². The lowest BCUT2D eigenvalue weighted by molar-refractivity contribution is 0.701. The molecular weight excluding hydrogens is 392 g/mol. The summed E-state index contributed by atoms with van der Waals surface area (Å²) in [6, 6.07) is 37.6. The van der Waals surface area contributed by atoms with E-state index in [1.807, 2.05) is 57.7 Å². The number of aromatic nitrogens is 2. The highest BCUT2D eigenvalue weighted by molar-refractivity contribution is 5.84. The van der Waals surface area contributed by atoms with Crippen LogP contribution in [0.5, 0.6) is 0 Å². The standard InChI is InChI=1S/C29H22N2O/c32-29-30(19-21-13-15-23-7-1-3-9-25(23)17-21)27-11-5-6-12-28(27)31(29)20-22-14-16-24-8-2-4-10-26(24)18-22/h1-18H,19-20H2. The maximum absolute atomic E-state index is 13.6. The van der Waals surface area contributed by atoms with Crippen LogP contribution in [-0.2, 0) is 13.1 Å². The van der Waals surface area contributed by atoms with Crippen molar-refractivity contribution in [2.24, 2.45) is 0 Å². The van der Waals surface area contributed by atoms with Crippen LogP contribution in [0.3, 0.4) is 0 Å². The van der Waals surface area contributed by atoms with E-state index in [0.29, 0.717) is 13.1 Å². The van der Waals surface area contributed by atoms with Crippen LogP contribution in [0.4, 0.5) is 0 Å². The van der Waals surface area contributed by atoms with Crippen LogP contribution < -0.4 is 5.69 Å². The van der Waals surface area contributed by atoms with Crippen molar-refractivity contribution in [2.75, 3.05) is 0 Å². The smallest absolute Gasteiger partial charge is 0.287 e. The van der Waals surface area contributed by atoms with Gasteiger partial charge in [0.1, 0.15) is 0 Å². The summed E-state index contributed by atoms with van der Waals surface area (Å²) in [4.78, 5) is 13.6. The van der Waals surface area contributed by atoms with Gasteiger partial charge >= 0.3 is 5.69 Å². The Labute approximate surface area is 185 Å². The third kappa shape index (κ3) is 3.19. The topological polar surface area (TPSA) is 26.9 Å². The summed E-state index contributed by atoms with van der Waals surface area (Å²) in [5.74, 6) is 0. The van der Waals surface area contributed by atoms with E-state index in [1.165, 1.54) is 21.5 Å². The molecule has 0 aliphatic rings. The Morgan fingerprint density at radius 3 is 1.34 bits per heavy atom. The maximum atomic E-state index is 13.6. The van der Waals surface area contributed by atoms with Crippen LogP contribution in [0.15, 0.2) is 114 Å². The van der Waals surface area contributed by atoms with Crippen molar-refractivity contribution in [3.05, 3.63) is 131 Å². The molecule has 0 aliphatic carbocycles. The van der Waals surface area contributed by atoms with E-state index in [4.69, 9.17) is 0 Å². The van der Waals surface area contributed by atoms with Gasteiger partial charge in [-0.25, -0.2) is 4.79 Å². The molecule has 5 aromatic carbocycles. The largest absolute Gasteiger partial charge is 0.329 e. The van der Waals surface area contributed by atoms with Crippen molar-refractivity contribution in [2.45, 2.75) is 13.1 Å². The quantitative estimate of drug-likeness (QED) is 0.337. The van der Waals surface area contributed by atoms with E-state index in [1.54, 1.807) is 0 Å². The summed E-state index contributed by atoms with van der Waals surface area (Å²) < 4.78 is 3.78. The molecule has 0 amide bonds. The minimum absolute atomic E-state index is 0.0208. The summed E-state index contributed by atoms with van der Waals surface area (Å²) in [7, 11) is 0. The number of para-hydroxylation sites is 2. The van der Waals surface area contributed by atoms with Gasteiger partial charge in [-0.1, -0.05) is 84.9 Å². The van der Waals surface area contributed by atoms with Gasteiger partial charge in [-0.3, -0.25) is 9.13 Å². The first kappa shape index (κ1) is 18.6. The number of rotatable bonds is 4. The molecule has 0 unspecified atom stereocenters. The SMILES string of the molecule is O=c1n(Cc2ccc3ccccc3c2)c2ccccc2n1Cc1ccc2ccccc2c1. The van der Waals surface area contributed by atoms with Gasteiger partial charge in [-0.05, 0) is 56.9 Å². The number of benzene rings is 5. The second-order valence-electron chi connectivity index (χ2n) is 8.31. The van der Waals surface area contributed by atoms with E-state index in [2.05, 4.69) is 60.7 Å². The van der Waals surface area contributed by atoms with Crippen LogP contribution in [0, 0.1) is 0 Å². The molecule has 0 atom stereocenters. The van der Waals surface area contributed by atoms with Crippen molar-refractivity contribution in [3.63, 3.8) is 0 Å². The summed E-state index contributed by atoms with van der Waals surface area (Å²) in [6.45, 7) is 1.10.